The van der Waals surface area contributed by atoms with Crippen LogP contribution in [0.3, 0.4) is 0 Å². The zero-order valence-corrected chi connectivity index (χ0v) is 10.8. The second kappa shape index (κ2) is 5.73. The minimum absolute atomic E-state index is 0.0735. The Bertz CT molecular complexity index is 486. The van der Waals surface area contributed by atoms with Crippen LogP contribution in [0.25, 0.3) is 0 Å². The van der Waals surface area contributed by atoms with Crippen LogP contribution in [0.15, 0.2) is 24.3 Å². The number of carboxylic acids is 1. The summed E-state index contributed by atoms with van der Waals surface area (Å²) < 4.78 is 5.54. The number of benzene rings is 1. The fraction of sp³-hybridized carbons (Fsp3) is 0.429. The van der Waals surface area contributed by atoms with Crippen molar-refractivity contribution in [3.8, 4) is 5.75 Å². The van der Waals surface area contributed by atoms with Crippen molar-refractivity contribution in [2.45, 2.75) is 25.8 Å². The molecule has 5 heteroatoms. The van der Waals surface area contributed by atoms with Crippen molar-refractivity contribution in [2.24, 2.45) is 5.92 Å². The van der Waals surface area contributed by atoms with Gasteiger partial charge >= 0.3 is 5.97 Å². The number of rotatable bonds is 4. The van der Waals surface area contributed by atoms with Crippen LogP contribution in [0.2, 0.25) is 0 Å². The predicted molar refractivity (Wildman–Crippen MR) is 69.0 cm³/mol. The number of hydrogen-bond acceptors (Lipinski definition) is 3. The van der Waals surface area contributed by atoms with Crippen LogP contribution in [0.4, 0.5) is 0 Å². The van der Waals surface area contributed by atoms with Crippen molar-refractivity contribution in [3.05, 3.63) is 29.8 Å². The van der Waals surface area contributed by atoms with Gasteiger partial charge in [0.2, 0.25) is 5.91 Å². The van der Waals surface area contributed by atoms with Gasteiger partial charge in [0.1, 0.15) is 12.4 Å². The van der Waals surface area contributed by atoms with Crippen LogP contribution in [0.1, 0.15) is 18.9 Å². The summed E-state index contributed by atoms with van der Waals surface area (Å²) in [5, 5.41) is 11.4. The third-order valence-corrected chi connectivity index (χ3v) is 3.12. The van der Waals surface area contributed by atoms with Gasteiger partial charge in [0.05, 0.1) is 12.3 Å². The maximum atomic E-state index is 12.0. The molecule has 1 heterocycles. The van der Waals surface area contributed by atoms with Crippen LogP contribution in [-0.2, 0) is 16.0 Å². The molecule has 0 aliphatic carbocycles. The molecular formula is C14H17NO4. The summed E-state index contributed by atoms with van der Waals surface area (Å²) >= 11 is 0. The maximum Gasteiger partial charge on any atom is 0.305 e. The number of para-hydroxylation sites is 1. The van der Waals surface area contributed by atoms with Crippen molar-refractivity contribution in [1.82, 2.24) is 5.32 Å². The molecule has 19 heavy (non-hydrogen) atoms. The largest absolute Gasteiger partial charge is 0.492 e. The number of hydrogen-bond donors (Lipinski definition) is 2. The topological polar surface area (TPSA) is 75.6 Å². The Kier molecular flexibility index (Phi) is 4.04. The summed E-state index contributed by atoms with van der Waals surface area (Å²) in [6.07, 6.45) is 0.553. The first-order valence-electron chi connectivity index (χ1n) is 6.29. The molecule has 1 aromatic rings. The lowest BCUT2D eigenvalue weighted by atomic mass is 9.95. The van der Waals surface area contributed by atoms with Crippen LogP contribution >= 0.6 is 0 Å². The normalized spacial score (nSPS) is 18.9. The average molecular weight is 263 g/mol. The van der Waals surface area contributed by atoms with E-state index in [9.17, 15) is 9.59 Å². The van der Waals surface area contributed by atoms with E-state index in [4.69, 9.17) is 9.84 Å². The number of ether oxygens (including phenoxy) is 1. The summed E-state index contributed by atoms with van der Waals surface area (Å²) in [5.74, 6) is -0.502. The maximum absolute atomic E-state index is 12.0. The smallest absolute Gasteiger partial charge is 0.305 e. The van der Waals surface area contributed by atoms with E-state index in [1.165, 1.54) is 0 Å². The molecule has 0 spiro atoms. The van der Waals surface area contributed by atoms with Gasteiger partial charge in [-0.15, -0.1) is 0 Å². The highest BCUT2D eigenvalue weighted by Crippen LogP contribution is 2.26. The number of carbonyl (C=O) groups excluding carboxylic acids is 1. The molecule has 1 amide bonds. The highest BCUT2D eigenvalue weighted by molar-refractivity contribution is 5.80. The van der Waals surface area contributed by atoms with E-state index in [2.05, 4.69) is 5.32 Å². The molecule has 1 aliphatic heterocycles. The first-order chi connectivity index (χ1) is 9.06. The molecule has 0 aromatic heterocycles. The van der Waals surface area contributed by atoms with Crippen molar-refractivity contribution >= 4 is 11.9 Å². The van der Waals surface area contributed by atoms with E-state index in [0.717, 1.165) is 11.3 Å². The second-order valence-corrected chi connectivity index (χ2v) is 4.83. The number of amides is 1. The van der Waals surface area contributed by atoms with E-state index in [1.807, 2.05) is 24.3 Å². The monoisotopic (exact) mass is 263 g/mol. The molecule has 0 saturated heterocycles. The number of aliphatic carboxylic acids is 1. The van der Waals surface area contributed by atoms with E-state index < -0.39 is 5.97 Å². The lowest BCUT2D eigenvalue weighted by molar-refractivity contribution is -0.137. The number of fused-ring (bicyclic) bond motifs is 1. The van der Waals surface area contributed by atoms with Crippen molar-refractivity contribution < 1.29 is 19.4 Å². The number of nitrogens with one attached hydrogen (secondary N) is 1. The predicted octanol–water partition coefficient (Wildman–Crippen LogP) is 1.22. The lowest BCUT2D eigenvalue weighted by Gasteiger charge is -2.25. The second-order valence-electron chi connectivity index (χ2n) is 4.83. The van der Waals surface area contributed by atoms with Crippen molar-refractivity contribution in [1.29, 1.82) is 0 Å². The molecule has 0 bridgehead atoms. The molecule has 0 radical (unpaired) electrons. The number of carbonyl (C=O) groups is 2. The van der Waals surface area contributed by atoms with Gasteiger partial charge in [-0.2, -0.15) is 0 Å². The van der Waals surface area contributed by atoms with Crippen LogP contribution < -0.4 is 10.1 Å². The summed E-state index contributed by atoms with van der Waals surface area (Å²) in [6, 6.07) is 7.26. The molecule has 0 fully saturated rings. The Hall–Kier alpha value is -2.04. The Morgan fingerprint density at radius 2 is 2.21 bits per heavy atom. The standard InChI is InChI=1S/C14H17NO4/c1-9(6-13(16)17)15-14(18)11-7-10-4-2-3-5-12(10)19-8-11/h2-5,9,11H,6-8H2,1H3,(H,15,18)(H,16,17). The molecule has 102 valence electrons. The Morgan fingerprint density at radius 1 is 1.47 bits per heavy atom. The van der Waals surface area contributed by atoms with Gasteiger partial charge < -0.3 is 15.2 Å². The van der Waals surface area contributed by atoms with E-state index in [0.29, 0.717) is 13.0 Å². The quantitative estimate of drug-likeness (QED) is 0.856. The molecule has 5 nitrogen and oxygen atoms in total. The molecule has 2 atom stereocenters. The van der Waals surface area contributed by atoms with Crippen molar-refractivity contribution in [2.75, 3.05) is 6.61 Å². The van der Waals surface area contributed by atoms with Gasteiger partial charge in [-0.1, -0.05) is 18.2 Å². The van der Waals surface area contributed by atoms with Gasteiger partial charge in [0.15, 0.2) is 0 Å². The summed E-state index contributed by atoms with van der Waals surface area (Å²) in [5.41, 5.74) is 1.01. The first kappa shape index (κ1) is 13.4. The zero-order chi connectivity index (χ0) is 13.8. The van der Waals surface area contributed by atoms with Gasteiger partial charge in [-0.3, -0.25) is 9.59 Å². The molecule has 1 aliphatic rings. The van der Waals surface area contributed by atoms with Gasteiger partial charge in [0, 0.05) is 6.04 Å². The van der Waals surface area contributed by atoms with Gasteiger partial charge in [-0.05, 0) is 25.0 Å². The van der Waals surface area contributed by atoms with E-state index in [1.54, 1.807) is 6.92 Å². The Balaban J connectivity index is 1.93. The van der Waals surface area contributed by atoms with Gasteiger partial charge in [-0.25, -0.2) is 0 Å². The fourth-order valence-electron chi connectivity index (χ4n) is 2.17. The Labute approximate surface area is 111 Å². The fourth-order valence-corrected chi connectivity index (χ4v) is 2.17. The summed E-state index contributed by atoms with van der Waals surface area (Å²) in [4.78, 5) is 22.6. The SMILES string of the molecule is CC(CC(=O)O)NC(=O)C1COc2ccccc2C1. The number of carboxylic acid groups (broad SMARTS) is 1. The molecule has 2 unspecified atom stereocenters. The van der Waals surface area contributed by atoms with Crippen molar-refractivity contribution in [3.63, 3.8) is 0 Å². The summed E-state index contributed by atoms with van der Waals surface area (Å²) in [6.45, 7) is 2.02. The highest BCUT2D eigenvalue weighted by atomic mass is 16.5. The van der Waals surface area contributed by atoms with Crippen LogP contribution in [0.5, 0.6) is 5.75 Å². The molecule has 2 N–H and O–H groups in total. The van der Waals surface area contributed by atoms with Crippen LogP contribution in [0, 0.1) is 5.92 Å². The lowest BCUT2D eigenvalue weighted by Crippen LogP contribution is -2.42. The minimum atomic E-state index is -0.918. The molecule has 0 saturated carbocycles. The molecule has 1 aromatic carbocycles. The van der Waals surface area contributed by atoms with Gasteiger partial charge in [0.25, 0.3) is 0 Å². The third-order valence-electron chi connectivity index (χ3n) is 3.12. The first-order valence-corrected chi connectivity index (χ1v) is 6.29. The van der Waals surface area contributed by atoms with E-state index in [-0.39, 0.29) is 24.3 Å². The molecule has 2 rings (SSSR count). The zero-order valence-electron chi connectivity index (χ0n) is 10.8. The molecular weight excluding hydrogens is 246 g/mol. The third kappa shape index (κ3) is 3.47. The highest BCUT2D eigenvalue weighted by Gasteiger charge is 2.26. The van der Waals surface area contributed by atoms with E-state index >= 15 is 0 Å². The minimum Gasteiger partial charge on any atom is -0.492 e. The van der Waals surface area contributed by atoms with Crippen LogP contribution in [-0.4, -0.2) is 29.6 Å². The Morgan fingerprint density at radius 3 is 2.95 bits per heavy atom. The summed E-state index contributed by atoms with van der Waals surface area (Å²) in [7, 11) is 0. The average Bonchev–Trinajstić information content (AvgIpc) is 2.37.